The molecule has 0 aromatic carbocycles. The summed E-state index contributed by atoms with van der Waals surface area (Å²) in [6.45, 7) is 19.5. The van der Waals surface area contributed by atoms with E-state index in [-0.39, 0.29) is 34.0 Å². The van der Waals surface area contributed by atoms with Crippen LogP contribution in [0, 0.1) is 28.6 Å². The SMILES string of the molecule is CC(=O)O[C@H]1C=C2C[C@@H](O[Si](C)(C)C(C)(C)C)CC[C@]2(C)C2CC[C@@]3(C)C(CCC34OCCO4)C21. The minimum absolute atomic E-state index is 0.0204. The van der Waals surface area contributed by atoms with Crippen LogP contribution in [0.15, 0.2) is 11.6 Å². The van der Waals surface area contributed by atoms with Crippen molar-refractivity contribution in [1.82, 2.24) is 0 Å². The quantitative estimate of drug-likeness (QED) is 0.245. The molecule has 0 N–H and O–H groups in total. The number of rotatable bonds is 3. The molecule has 1 saturated heterocycles. The van der Waals surface area contributed by atoms with Gasteiger partial charge in [0.1, 0.15) is 6.10 Å². The Balaban J connectivity index is 1.46. The zero-order valence-corrected chi connectivity index (χ0v) is 24.4. The predicted molar refractivity (Wildman–Crippen MR) is 139 cm³/mol. The second kappa shape index (κ2) is 8.41. The summed E-state index contributed by atoms with van der Waals surface area (Å²) in [5, 5.41) is 0.205. The van der Waals surface area contributed by atoms with Crippen LogP contribution < -0.4 is 0 Å². The molecule has 0 aromatic heterocycles. The Labute approximate surface area is 213 Å². The van der Waals surface area contributed by atoms with Gasteiger partial charge in [0.15, 0.2) is 14.1 Å². The van der Waals surface area contributed by atoms with Gasteiger partial charge in [0, 0.05) is 30.8 Å². The molecular formula is C29H48O5Si. The molecule has 3 saturated carbocycles. The van der Waals surface area contributed by atoms with Gasteiger partial charge in [-0.3, -0.25) is 4.79 Å². The number of carbonyl (C=O) groups is 1. The first-order valence-corrected chi connectivity index (χ1v) is 17.0. The van der Waals surface area contributed by atoms with Crippen molar-refractivity contribution in [1.29, 1.82) is 0 Å². The van der Waals surface area contributed by atoms with Gasteiger partial charge in [-0.05, 0) is 80.0 Å². The number of carbonyl (C=O) groups excluding carboxylic acids is 1. The van der Waals surface area contributed by atoms with Crippen molar-refractivity contribution in [2.45, 2.75) is 123 Å². The zero-order valence-electron chi connectivity index (χ0n) is 23.4. The maximum atomic E-state index is 12.3. The van der Waals surface area contributed by atoms with E-state index < -0.39 is 14.1 Å². The van der Waals surface area contributed by atoms with E-state index in [0.29, 0.717) is 31.0 Å². The zero-order chi connectivity index (χ0) is 25.4. The molecule has 5 aliphatic rings. The van der Waals surface area contributed by atoms with E-state index in [0.717, 1.165) is 44.9 Å². The Morgan fingerprint density at radius 1 is 1.03 bits per heavy atom. The number of fused-ring (bicyclic) bond motifs is 6. The van der Waals surface area contributed by atoms with Gasteiger partial charge < -0.3 is 18.6 Å². The highest BCUT2D eigenvalue weighted by atomic mass is 28.4. The molecule has 6 heteroatoms. The Hall–Kier alpha value is -0.693. The average molecular weight is 505 g/mol. The predicted octanol–water partition coefficient (Wildman–Crippen LogP) is 6.62. The number of esters is 1. The summed E-state index contributed by atoms with van der Waals surface area (Å²) in [5.41, 5.74) is 1.61. The van der Waals surface area contributed by atoms with Crippen molar-refractivity contribution in [3.63, 3.8) is 0 Å². The highest BCUT2D eigenvalue weighted by Crippen LogP contribution is 2.69. The lowest BCUT2D eigenvalue weighted by Crippen LogP contribution is -2.58. The van der Waals surface area contributed by atoms with Crippen LogP contribution in [0.4, 0.5) is 0 Å². The van der Waals surface area contributed by atoms with Crippen LogP contribution >= 0.6 is 0 Å². The first-order valence-electron chi connectivity index (χ1n) is 14.1. The molecule has 0 bridgehead atoms. The molecule has 198 valence electrons. The van der Waals surface area contributed by atoms with Crippen LogP contribution in [0.25, 0.3) is 0 Å². The van der Waals surface area contributed by atoms with Crippen molar-refractivity contribution in [2.75, 3.05) is 13.2 Å². The van der Waals surface area contributed by atoms with E-state index in [1.807, 2.05) is 0 Å². The van der Waals surface area contributed by atoms with Gasteiger partial charge in [0.25, 0.3) is 0 Å². The third-order valence-corrected chi connectivity index (χ3v) is 16.0. The van der Waals surface area contributed by atoms with Crippen molar-refractivity contribution in [3.8, 4) is 0 Å². The summed E-state index contributed by atoms with van der Waals surface area (Å²) >= 11 is 0. The molecule has 35 heavy (non-hydrogen) atoms. The summed E-state index contributed by atoms with van der Waals surface area (Å²) in [4.78, 5) is 12.3. The van der Waals surface area contributed by atoms with Gasteiger partial charge in [-0.15, -0.1) is 0 Å². The van der Waals surface area contributed by atoms with Crippen LogP contribution in [0.1, 0.15) is 86.5 Å². The molecular weight excluding hydrogens is 456 g/mol. The maximum absolute atomic E-state index is 12.3. The van der Waals surface area contributed by atoms with Crippen LogP contribution in [0.2, 0.25) is 18.1 Å². The topological polar surface area (TPSA) is 54.0 Å². The van der Waals surface area contributed by atoms with E-state index >= 15 is 0 Å². The van der Waals surface area contributed by atoms with Crippen molar-refractivity contribution < 1.29 is 23.4 Å². The van der Waals surface area contributed by atoms with Gasteiger partial charge in [0.05, 0.1) is 13.2 Å². The largest absolute Gasteiger partial charge is 0.458 e. The fourth-order valence-corrected chi connectivity index (χ4v) is 9.86. The first kappa shape index (κ1) is 25.9. The maximum Gasteiger partial charge on any atom is 0.303 e. The summed E-state index contributed by atoms with van der Waals surface area (Å²) in [5.74, 6) is 0.682. The Bertz CT molecular complexity index is 884. The van der Waals surface area contributed by atoms with Crippen LogP contribution in [0.3, 0.4) is 0 Å². The van der Waals surface area contributed by atoms with Gasteiger partial charge >= 0.3 is 5.97 Å². The molecule has 1 spiro atoms. The molecule has 0 amide bonds. The average Bonchev–Trinajstić information content (AvgIpc) is 3.34. The molecule has 1 aliphatic heterocycles. The third kappa shape index (κ3) is 3.92. The lowest BCUT2D eigenvalue weighted by Gasteiger charge is -2.60. The summed E-state index contributed by atoms with van der Waals surface area (Å²) in [6.07, 6.45) is 10.0. The molecule has 7 atom stereocenters. The summed E-state index contributed by atoms with van der Waals surface area (Å²) in [6, 6.07) is 0. The molecule has 0 aromatic rings. The lowest BCUT2D eigenvalue weighted by atomic mass is 9.47. The fourth-order valence-electron chi connectivity index (χ4n) is 8.47. The highest BCUT2D eigenvalue weighted by Gasteiger charge is 2.68. The van der Waals surface area contributed by atoms with Crippen LogP contribution in [-0.4, -0.2) is 45.5 Å². The monoisotopic (exact) mass is 504 g/mol. The number of hydrogen-bond acceptors (Lipinski definition) is 5. The summed E-state index contributed by atoms with van der Waals surface area (Å²) in [7, 11) is -1.84. The fraction of sp³-hybridized carbons (Fsp3) is 0.897. The standard InChI is InChI=1S/C29H48O5Si/c1-19(30)33-24-18-20-17-21(34-35(7,8)26(2,3)4)9-12-27(20,5)22-10-13-28(6)23(25(22)24)11-14-29(28)31-15-16-32-29/h18,21-25H,9-17H2,1-8H3/t21-,22?,23?,24-,25?,27-,28-/m0/s1. The molecule has 4 aliphatic carbocycles. The van der Waals surface area contributed by atoms with E-state index in [9.17, 15) is 4.79 Å². The molecule has 5 rings (SSSR count). The Morgan fingerprint density at radius 2 is 1.69 bits per heavy atom. The summed E-state index contributed by atoms with van der Waals surface area (Å²) < 4.78 is 25.7. The minimum Gasteiger partial charge on any atom is -0.458 e. The second-order valence-corrected chi connectivity index (χ2v) is 18.9. The molecule has 5 nitrogen and oxygen atoms in total. The van der Waals surface area contributed by atoms with Gasteiger partial charge in [-0.1, -0.05) is 40.2 Å². The van der Waals surface area contributed by atoms with Gasteiger partial charge in [-0.2, -0.15) is 0 Å². The van der Waals surface area contributed by atoms with Crippen molar-refractivity contribution in [3.05, 3.63) is 11.6 Å². The number of hydrogen-bond donors (Lipinski definition) is 0. The van der Waals surface area contributed by atoms with Crippen molar-refractivity contribution >= 4 is 14.3 Å². The molecule has 3 unspecified atom stereocenters. The van der Waals surface area contributed by atoms with Crippen molar-refractivity contribution in [2.24, 2.45) is 28.6 Å². The minimum atomic E-state index is -1.84. The van der Waals surface area contributed by atoms with Crippen LogP contribution in [0.5, 0.6) is 0 Å². The van der Waals surface area contributed by atoms with Gasteiger partial charge in [-0.25, -0.2) is 0 Å². The highest BCUT2D eigenvalue weighted by molar-refractivity contribution is 6.74. The second-order valence-electron chi connectivity index (χ2n) is 14.2. The lowest BCUT2D eigenvalue weighted by molar-refractivity contribution is -0.246. The third-order valence-electron chi connectivity index (χ3n) is 11.4. The Morgan fingerprint density at radius 3 is 2.31 bits per heavy atom. The molecule has 0 radical (unpaired) electrons. The smallest absolute Gasteiger partial charge is 0.303 e. The first-order chi connectivity index (χ1) is 16.2. The molecule has 1 heterocycles. The van der Waals surface area contributed by atoms with E-state index in [1.165, 1.54) is 5.57 Å². The van der Waals surface area contributed by atoms with Crippen LogP contribution in [-0.2, 0) is 23.4 Å². The van der Waals surface area contributed by atoms with E-state index in [4.69, 9.17) is 18.6 Å². The van der Waals surface area contributed by atoms with Gasteiger partial charge in [0.2, 0.25) is 0 Å². The number of ether oxygens (including phenoxy) is 3. The normalized spacial score (nSPS) is 42.7. The van der Waals surface area contributed by atoms with E-state index in [1.54, 1.807) is 6.92 Å². The Kier molecular flexibility index (Phi) is 6.23. The van der Waals surface area contributed by atoms with E-state index in [2.05, 4.69) is 53.8 Å². The molecule has 4 fully saturated rings.